The number of rotatable bonds is 1. The molecule has 2 aliphatic rings. The lowest BCUT2D eigenvalue weighted by molar-refractivity contribution is 0.124. The van der Waals surface area contributed by atoms with Crippen LogP contribution in [0.1, 0.15) is 62.5 Å². The van der Waals surface area contributed by atoms with Crippen molar-refractivity contribution < 1.29 is 8.78 Å². The first-order chi connectivity index (χ1) is 12.0. The molecule has 0 heterocycles. The van der Waals surface area contributed by atoms with Gasteiger partial charge in [0.15, 0.2) is 0 Å². The van der Waals surface area contributed by atoms with Crippen molar-refractivity contribution in [3.05, 3.63) is 47.0 Å². The van der Waals surface area contributed by atoms with Crippen LogP contribution < -0.4 is 0 Å². The van der Waals surface area contributed by atoms with Crippen molar-refractivity contribution in [3.63, 3.8) is 0 Å². The summed E-state index contributed by atoms with van der Waals surface area (Å²) < 4.78 is 28.5. The first-order valence-electron chi connectivity index (χ1n) is 9.38. The highest BCUT2D eigenvalue weighted by molar-refractivity contribution is 5.85. The standard InChI is InChI=1S/C22H23F2N/c1-13-2-3-15-7-16(5-4-14(15)6-13)17-8-18-11-21(23)19(12-25)9-20(18)22(24)10-17/h8-11,13-16H,2-7H2,1H3. The lowest BCUT2D eigenvalue weighted by atomic mass is 9.64. The fourth-order valence-corrected chi connectivity index (χ4v) is 5.11. The minimum Gasteiger partial charge on any atom is -0.206 e. The third-order valence-corrected chi connectivity index (χ3v) is 6.48. The Hall–Kier alpha value is -1.95. The summed E-state index contributed by atoms with van der Waals surface area (Å²) in [6.45, 7) is 2.35. The highest BCUT2D eigenvalue weighted by Crippen LogP contribution is 2.47. The summed E-state index contributed by atoms with van der Waals surface area (Å²) in [6, 6.07) is 7.95. The molecule has 0 radical (unpaired) electrons. The van der Waals surface area contributed by atoms with Gasteiger partial charge in [0.2, 0.25) is 0 Å². The molecule has 2 aromatic carbocycles. The summed E-state index contributed by atoms with van der Waals surface area (Å²) >= 11 is 0. The van der Waals surface area contributed by atoms with Crippen LogP contribution in [0.25, 0.3) is 10.8 Å². The van der Waals surface area contributed by atoms with Gasteiger partial charge in [-0.3, -0.25) is 0 Å². The first kappa shape index (κ1) is 16.5. The maximum atomic E-state index is 14.6. The average molecular weight is 339 g/mol. The van der Waals surface area contributed by atoms with Crippen molar-refractivity contribution in [3.8, 4) is 6.07 Å². The van der Waals surface area contributed by atoms with Crippen LogP contribution in [0.3, 0.4) is 0 Å². The van der Waals surface area contributed by atoms with Crippen LogP contribution in [0.15, 0.2) is 24.3 Å². The molecular formula is C22H23F2N. The summed E-state index contributed by atoms with van der Waals surface area (Å²) in [5.41, 5.74) is 0.891. The van der Waals surface area contributed by atoms with Gasteiger partial charge in [-0.25, -0.2) is 8.78 Å². The van der Waals surface area contributed by atoms with E-state index >= 15 is 0 Å². The Morgan fingerprint density at radius 3 is 2.48 bits per heavy atom. The molecule has 2 aliphatic carbocycles. The van der Waals surface area contributed by atoms with Gasteiger partial charge < -0.3 is 0 Å². The molecule has 0 amide bonds. The number of fused-ring (bicyclic) bond motifs is 2. The molecular weight excluding hydrogens is 316 g/mol. The van der Waals surface area contributed by atoms with Crippen LogP contribution >= 0.6 is 0 Å². The Kier molecular flexibility index (Phi) is 4.23. The van der Waals surface area contributed by atoms with Crippen molar-refractivity contribution >= 4 is 10.8 Å². The maximum absolute atomic E-state index is 14.6. The smallest absolute Gasteiger partial charge is 0.141 e. The van der Waals surface area contributed by atoms with Gasteiger partial charge in [0.25, 0.3) is 0 Å². The van der Waals surface area contributed by atoms with E-state index in [1.54, 1.807) is 12.1 Å². The summed E-state index contributed by atoms with van der Waals surface area (Å²) in [7, 11) is 0. The lowest BCUT2D eigenvalue weighted by Gasteiger charge is -2.41. The molecule has 0 aromatic heterocycles. The van der Waals surface area contributed by atoms with E-state index in [-0.39, 0.29) is 11.4 Å². The molecule has 0 N–H and O–H groups in total. The second-order valence-electron chi connectivity index (χ2n) is 8.12. The minimum atomic E-state index is -0.573. The summed E-state index contributed by atoms with van der Waals surface area (Å²) in [5, 5.41) is 9.84. The van der Waals surface area contributed by atoms with Gasteiger partial charge in [-0.05, 0) is 84.9 Å². The fourth-order valence-electron chi connectivity index (χ4n) is 5.11. The average Bonchev–Trinajstić information content (AvgIpc) is 2.60. The molecule has 0 saturated heterocycles. The Labute approximate surface area is 147 Å². The molecule has 1 nitrogen and oxygen atoms in total. The van der Waals surface area contributed by atoms with Gasteiger partial charge in [0.1, 0.15) is 17.7 Å². The monoisotopic (exact) mass is 339 g/mol. The van der Waals surface area contributed by atoms with Crippen LogP contribution in [0.5, 0.6) is 0 Å². The van der Waals surface area contributed by atoms with Gasteiger partial charge in [0, 0.05) is 5.39 Å². The molecule has 2 saturated carbocycles. The molecule has 130 valence electrons. The van der Waals surface area contributed by atoms with Crippen molar-refractivity contribution in [1.29, 1.82) is 5.26 Å². The molecule has 4 rings (SSSR count). The van der Waals surface area contributed by atoms with Crippen LogP contribution in [-0.2, 0) is 0 Å². The van der Waals surface area contributed by atoms with Crippen molar-refractivity contribution in [2.75, 3.05) is 0 Å². The third-order valence-electron chi connectivity index (χ3n) is 6.48. The zero-order chi connectivity index (χ0) is 17.6. The number of nitrogens with zero attached hydrogens (tertiary/aromatic N) is 1. The molecule has 0 bridgehead atoms. The van der Waals surface area contributed by atoms with E-state index in [2.05, 4.69) is 6.92 Å². The lowest BCUT2D eigenvalue weighted by Crippen LogP contribution is -2.29. The quantitative estimate of drug-likeness (QED) is 0.597. The number of nitriles is 1. The number of hydrogen-bond acceptors (Lipinski definition) is 1. The van der Waals surface area contributed by atoms with Crippen molar-refractivity contribution in [2.45, 2.75) is 51.4 Å². The SMILES string of the molecule is CC1CCC2CC(c3cc(F)c4cc(C#N)c(F)cc4c3)CCC2C1. The number of benzene rings is 2. The topological polar surface area (TPSA) is 23.8 Å². The Morgan fingerprint density at radius 2 is 1.68 bits per heavy atom. The predicted octanol–water partition coefficient (Wildman–Crippen LogP) is 6.31. The number of halogens is 2. The highest BCUT2D eigenvalue weighted by Gasteiger charge is 2.35. The van der Waals surface area contributed by atoms with Gasteiger partial charge in [0.05, 0.1) is 5.56 Å². The first-order valence-corrected chi connectivity index (χ1v) is 9.38. The van der Waals surface area contributed by atoms with Crippen LogP contribution in [0, 0.1) is 40.7 Å². The molecule has 25 heavy (non-hydrogen) atoms. The van der Waals surface area contributed by atoms with E-state index in [0.29, 0.717) is 16.7 Å². The summed E-state index contributed by atoms with van der Waals surface area (Å²) in [4.78, 5) is 0. The predicted molar refractivity (Wildman–Crippen MR) is 95.2 cm³/mol. The largest absolute Gasteiger partial charge is 0.206 e. The van der Waals surface area contributed by atoms with Gasteiger partial charge in [-0.2, -0.15) is 5.26 Å². The van der Waals surface area contributed by atoms with Gasteiger partial charge in [-0.1, -0.05) is 19.4 Å². The van der Waals surface area contributed by atoms with Gasteiger partial charge >= 0.3 is 0 Å². The molecule has 4 unspecified atom stereocenters. The second kappa shape index (κ2) is 6.41. The van der Waals surface area contributed by atoms with E-state index in [1.807, 2.05) is 6.07 Å². The molecule has 4 atom stereocenters. The van der Waals surface area contributed by atoms with Crippen LogP contribution in [0.4, 0.5) is 8.78 Å². The summed E-state index contributed by atoms with van der Waals surface area (Å²) in [6.07, 6.45) is 7.38. The zero-order valence-corrected chi connectivity index (χ0v) is 14.6. The molecule has 3 heteroatoms. The maximum Gasteiger partial charge on any atom is 0.141 e. The fraction of sp³-hybridized carbons (Fsp3) is 0.500. The normalized spacial score (nSPS) is 29.2. The molecule has 2 fully saturated rings. The van der Waals surface area contributed by atoms with E-state index in [4.69, 9.17) is 5.26 Å². The van der Waals surface area contributed by atoms with E-state index in [0.717, 1.165) is 36.2 Å². The molecule has 2 aromatic rings. The van der Waals surface area contributed by atoms with Crippen molar-refractivity contribution in [2.24, 2.45) is 17.8 Å². The molecule has 0 spiro atoms. The second-order valence-corrected chi connectivity index (χ2v) is 8.12. The summed E-state index contributed by atoms with van der Waals surface area (Å²) in [5.74, 6) is 1.88. The van der Waals surface area contributed by atoms with E-state index in [9.17, 15) is 8.78 Å². The van der Waals surface area contributed by atoms with Crippen LogP contribution in [0.2, 0.25) is 0 Å². The Bertz CT molecular complexity index is 851. The highest BCUT2D eigenvalue weighted by atomic mass is 19.1. The number of hydrogen-bond donors (Lipinski definition) is 0. The Balaban J connectivity index is 1.65. The van der Waals surface area contributed by atoms with Crippen LogP contribution in [-0.4, -0.2) is 0 Å². The Morgan fingerprint density at radius 1 is 0.920 bits per heavy atom. The molecule has 0 aliphatic heterocycles. The zero-order valence-electron chi connectivity index (χ0n) is 14.6. The van der Waals surface area contributed by atoms with Crippen molar-refractivity contribution in [1.82, 2.24) is 0 Å². The van der Waals surface area contributed by atoms with E-state index < -0.39 is 5.82 Å². The van der Waals surface area contributed by atoms with E-state index in [1.165, 1.54) is 37.8 Å². The minimum absolute atomic E-state index is 0.101. The third kappa shape index (κ3) is 3.03. The van der Waals surface area contributed by atoms with Gasteiger partial charge in [-0.15, -0.1) is 0 Å².